The maximum Gasteiger partial charge on any atom is 0.346 e. The van der Waals surface area contributed by atoms with E-state index in [0.29, 0.717) is 18.9 Å². The van der Waals surface area contributed by atoms with Crippen LogP contribution in [0.25, 0.3) is 11.4 Å². The average Bonchev–Trinajstić information content (AvgIpc) is 3.14. The molecule has 8 heteroatoms. The third-order valence-corrected chi connectivity index (χ3v) is 5.58. The van der Waals surface area contributed by atoms with E-state index >= 15 is 0 Å². The van der Waals surface area contributed by atoms with Crippen LogP contribution in [0.2, 0.25) is 0 Å². The number of hydrogen-bond acceptors (Lipinski definition) is 6. The van der Waals surface area contributed by atoms with Crippen molar-refractivity contribution in [1.82, 2.24) is 24.2 Å². The van der Waals surface area contributed by atoms with Gasteiger partial charge < -0.3 is 9.64 Å². The molecule has 162 valence electrons. The normalized spacial score (nSPS) is 14.5. The van der Waals surface area contributed by atoms with Crippen LogP contribution in [-0.4, -0.2) is 64.1 Å². The second kappa shape index (κ2) is 9.61. The number of pyridine rings is 1. The molecule has 0 spiro atoms. The Morgan fingerprint density at radius 2 is 1.90 bits per heavy atom. The molecule has 3 heterocycles. The molecule has 1 aliphatic rings. The van der Waals surface area contributed by atoms with Crippen molar-refractivity contribution in [1.29, 1.82) is 0 Å². The number of benzene rings is 1. The van der Waals surface area contributed by atoms with Crippen molar-refractivity contribution in [2.45, 2.75) is 13.1 Å². The van der Waals surface area contributed by atoms with Gasteiger partial charge in [0.1, 0.15) is 5.75 Å². The Balaban J connectivity index is 1.41. The van der Waals surface area contributed by atoms with Crippen molar-refractivity contribution in [3.05, 3.63) is 71.9 Å². The van der Waals surface area contributed by atoms with Gasteiger partial charge in [0.25, 0.3) is 0 Å². The molecule has 0 atom stereocenters. The van der Waals surface area contributed by atoms with E-state index in [1.807, 2.05) is 30.3 Å². The summed E-state index contributed by atoms with van der Waals surface area (Å²) < 4.78 is 8.69. The summed E-state index contributed by atoms with van der Waals surface area (Å²) in [5, 5.41) is 4.59. The summed E-state index contributed by atoms with van der Waals surface area (Å²) in [7, 11) is 1.71. The van der Waals surface area contributed by atoms with Crippen LogP contribution in [0.1, 0.15) is 0 Å². The van der Waals surface area contributed by atoms with Gasteiger partial charge in [-0.2, -0.15) is 0 Å². The van der Waals surface area contributed by atoms with E-state index in [9.17, 15) is 4.79 Å². The maximum atomic E-state index is 12.9. The zero-order chi connectivity index (χ0) is 21.6. The molecule has 0 amide bonds. The monoisotopic (exact) mass is 420 g/mol. The van der Waals surface area contributed by atoms with E-state index < -0.39 is 0 Å². The first-order chi connectivity index (χ1) is 15.2. The van der Waals surface area contributed by atoms with Crippen LogP contribution in [0.15, 0.2) is 66.2 Å². The first-order valence-electron chi connectivity index (χ1n) is 10.5. The molecule has 1 aliphatic heterocycles. The summed E-state index contributed by atoms with van der Waals surface area (Å²) in [6, 6.07) is 11.9. The Kier molecular flexibility index (Phi) is 6.47. The quantitative estimate of drug-likeness (QED) is 0.520. The van der Waals surface area contributed by atoms with E-state index in [1.54, 1.807) is 34.8 Å². The first-order valence-corrected chi connectivity index (χ1v) is 10.5. The minimum absolute atomic E-state index is 0.119. The molecule has 8 nitrogen and oxygen atoms in total. The molecule has 2 aromatic heterocycles. The lowest BCUT2D eigenvalue weighted by Gasteiger charge is -2.36. The van der Waals surface area contributed by atoms with Gasteiger partial charge in [-0.15, -0.1) is 11.7 Å². The van der Waals surface area contributed by atoms with Gasteiger partial charge in [-0.1, -0.05) is 18.2 Å². The van der Waals surface area contributed by atoms with E-state index in [0.717, 1.165) is 49.7 Å². The third kappa shape index (κ3) is 4.54. The number of allylic oxidation sites excluding steroid dienone is 1. The molecule has 1 saturated heterocycles. The van der Waals surface area contributed by atoms with Gasteiger partial charge >= 0.3 is 5.69 Å². The highest BCUT2D eigenvalue weighted by molar-refractivity contribution is 5.58. The summed E-state index contributed by atoms with van der Waals surface area (Å²) >= 11 is 0. The highest BCUT2D eigenvalue weighted by Gasteiger charge is 2.20. The molecule has 0 saturated carbocycles. The molecule has 0 bridgehead atoms. The summed E-state index contributed by atoms with van der Waals surface area (Å²) in [5.41, 5.74) is 1.84. The molecular weight excluding hydrogens is 392 g/mol. The van der Waals surface area contributed by atoms with Crippen molar-refractivity contribution >= 4 is 5.69 Å². The van der Waals surface area contributed by atoms with E-state index in [-0.39, 0.29) is 5.69 Å². The molecule has 0 unspecified atom stereocenters. The number of para-hydroxylation sites is 2. The molecule has 1 fully saturated rings. The van der Waals surface area contributed by atoms with Crippen LogP contribution in [0, 0.1) is 0 Å². The van der Waals surface area contributed by atoms with E-state index in [2.05, 4.69) is 32.5 Å². The molecule has 1 aromatic carbocycles. The molecular formula is C23H28N6O2. The number of anilines is 1. The minimum Gasteiger partial charge on any atom is -0.495 e. The molecule has 4 rings (SSSR count). The van der Waals surface area contributed by atoms with Gasteiger partial charge in [0.05, 0.1) is 19.3 Å². The predicted octanol–water partition coefficient (Wildman–Crippen LogP) is 2.12. The zero-order valence-corrected chi connectivity index (χ0v) is 17.9. The van der Waals surface area contributed by atoms with Gasteiger partial charge in [-0.3, -0.25) is 14.5 Å². The molecule has 0 aliphatic carbocycles. The van der Waals surface area contributed by atoms with Crippen LogP contribution in [0.5, 0.6) is 5.75 Å². The maximum absolute atomic E-state index is 12.9. The third-order valence-electron chi connectivity index (χ3n) is 5.58. The smallest absolute Gasteiger partial charge is 0.346 e. The van der Waals surface area contributed by atoms with Gasteiger partial charge in [0, 0.05) is 57.2 Å². The largest absolute Gasteiger partial charge is 0.495 e. The van der Waals surface area contributed by atoms with E-state index in [4.69, 9.17) is 4.74 Å². The first kappa shape index (κ1) is 20.9. The van der Waals surface area contributed by atoms with Crippen LogP contribution in [0.4, 0.5) is 5.69 Å². The fourth-order valence-electron chi connectivity index (χ4n) is 3.93. The number of rotatable bonds is 8. The fraction of sp³-hybridized carbons (Fsp3) is 0.348. The highest BCUT2D eigenvalue weighted by Crippen LogP contribution is 2.28. The second-order valence-corrected chi connectivity index (χ2v) is 7.47. The van der Waals surface area contributed by atoms with Crippen molar-refractivity contribution in [2.24, 2.45) is 0 Å². The number of hydrogen-bond donors (Lipinski definition) is 0. The lowest BCUT2D eigenvalue weighted by atomic mass is 10.2. The number of methoxy groups -OCH3 is 1. The minimum atomic E-state index is -0.119. The Morgan fingerprint density at radius 3 is 2.61 bits per heavy atom. The average molecular weight is 421 g/mol. The Hall–Kier alpha value is -3.39. The summed E-state index contributed by atoms with van der Waals surface area (Å²) in [6.45, 7) is 9.20. The summed E-state index contributed by atoms with van der Waals surface area (Å²) in [4.78, 5) is 21.8. The van der Waals surface area contributed by atoms with Crippen molar-refractivity contribution in [3.8, 4) is 17.1 Å². The second-order valence-electron chi connectivity index (χ2n) is 7.47. The van der Waals surface area contributed by atoms with Crippen molar-refractivity contribution < 1.29 is 4.74 Å². The highest BCUT2D eigenvalue weighted by atomic mass is 16.5. The number of nitrogens with zero attached hydrogens (tertiary/aromatic N) is 6. The fourth-order valence-corrected chi connectivity index (χ4v) is 3.93. The zero-order valence-electron chi connectivity index (χ0n) is 17.9. The molecule has 0 N–H and O–H groups in total. The van der Waals surface area contributed by atoms with Crippen LogP contribution < -0.4 is 15.3 Å². The van der Waals surface area contributed by atoms with Crippen molar-refractivity contribution in [3.63, 3.8) is 0 Å². The molecule has 31 heavy (non-hydrogen) atoms. The Labute approximate surface area is 182 Å². The standard InChI is InChI=1S/C23H28N6O2/c1-3-11-28-22(19-7-6-10-24-18-19)25-29(23(28)30)17-14-26-12-15-27(16-13-26)20-8-4-5-9-21(20)31-2/h3-10,18H,1,11-17H2,2H3. The number of piperazine rings is 1. The lowest BCUT2D eigenvalue weighted by molar-refractivity contribution is 0.242. The van der Waals surface area contributed by atoms with E-state index in [1.165, 1.54) is 0 Å². The van der Waals surface area contributed by atoms with Crippen LogP contribution in [0.3, 0.4) is 0 Å². The van der Waals surface area contributed by atoms with Crippen LogP contribution in [-0.2, 0) is 13.1 Å². The molecule has 3 aromatic rings. The van der Waals surface area contributed by atoms with Crippen molar-refractivity contribution in [2.75, 3.05) is 44.7 Å². The van der Waals surface area contributed by atoms with Gasteiger partial charge in [-0.25, -0.2) is 9.48 Å². The lowest BCUT2D eigenvalue weighted by Crippen LogP contribution is -2.47. The van der Waals surface area contributed by atoms with Gasteiger partial charge in [0.2, 0.25) is 0 Å². The number of ether oxygens (including phenoxy) is 1. The van der Waals surface area contributed by atoms with Crippen LogP contribution >= 0.6 is 0 Å². The summed E-state index contributed by atoms with van der Waals surface area (Å²) in [5.74, 6) is 1.53. The predicted molar refractivity (Wildman–Crippen MR) is 122 cm³/mol. The summed E-state index contributed by atoms with van der Waals surface area (Å²) in [6.07, 6.45) is 5.15. The van der Waals surface area contributed by atoms with Gasteiger partial charge in [0.15, 0.2) is 5.82 Å². The molecule has 0 radical (unpaired) electrons. The topological polar surface area (TPSA) is 68.4 Å². The van der Waals surface area contributed by atoms with Gasteiger partial charge in [-0.05, 0) is 24.3 Å². The SMILES string of the molecule is C=CCn1c(-c2cccnc2)nn(CCN2CCN(c3ccccc3OC)CC2)c1=O. The number of aromatic nitrogens is 4. The Bertz CT molecular complexity index is 1070. The Morgan fingerprint density at radius 1 is 1.10 bits per heavy atom.